The Kier molecular flexibility index (Phi) is 2.41. The second-order valence-corrected chi connectivity index (χ2v) is 3.04. The van der Waals surface area contributed by atoms with Crippen LogP contribution in [0.15, 0.2) is 36.4 Å². The topological polar surface area (TPSA) is 29.5 Å². The van der Waals surface area contributed by atoms with Gasteiger partial charge in [-0.05, 0) is 11.5 Å². The van der Waals surface area contributed by atoms with Gasteiger partial charge in [0.2, 0.25) is 0 Å². The molecule has 15 heavy (non-hydrogen) atoms. The highest BCUT2D eigenvalue weighted by atomic mass is 19.3. The largest absolute Gasteiger partial charge is 0.508 e. The number of phenolic OH excluding ortho intramolecular Hbond substituents is 1. The summed E-state index contributed by atoms with van der Waals surface area (Å²) in [5.41, 5.74) is 0. The summed E-state index contributed by atoms with van der Waals surface area (Å²) in [6.45, 7) is -2.89. The van der Waals surface area contributed by atoms with Crippen molar-refractivity contribution < 1.29 is 18.6 Å². The molecule has 0 aliphatic rings. The Labute approximate surface area is 84.7 Å². The SMILES string of the molecule is Oc1cc(OC(F)F)c2ccccc2c1. The Balaban J connectivity index is 2.60. The summed E-state index contributed by atoms with van der Waals surface area (Å²) < 4.78 is 28.5. The monoisotopic (exact) mass is 210 g/mol. The van der Waals surface area contributed by atoms with E-state index in [2.05, 4.69) is 4.74 Å². The van der Waals surface area contributed by atoms with Crippen LogP contribution < -0.4 is 4.74 Å². The molecule has 0 heterocycles. The van der Waals surface area contributed by atoms with E-state index in [1.165, 1.54) is 12.1 Å². The molecule has 0 aliphatic heterocycles. The van der Waals surface area contributed by atoms with Crippen LogP contribution in [0.4, 0.5) is 8.78 Å². The number of hydrogen-bond acceptors (Lipinski definition) is 2. The standard InChI is InChI=1S/C11H8F2O2/c12-11(13)15-10-6-8(14)5-7-3-1-2-4-9(7)10/h1-6,11,14H. The van der Waals surface area contributed by atoms with Crippen molar-refractivity contribution in [2.75, 3.05) is 0 Å². The summed E-state index contributed by atoms with van der Waals surface area (Å²) in [6, 6.07) is 9.52. The predicted molar refractivity (Wildman–Crippen MR) is 52.2 cm³/mol. The second kappa shape index (κ2) is 3.73. The molecule has 1 N–H and O–H groups in total. The third kappa shape index (κ3) is 1.98. The van der Waals surface area contributed by atoms with Gasteiger partial charge in [-0.3, -0.25) is 0 Å². The Morgan fingerprint density at radius 3 is 2.60 bits per heavy atom. The number of aromatic hydroxyl groups is 1. The molecule has 0 amide bonds. The van der Waals surface area contributed by atoms with Crippen LogP contribution in [-0.4, -0.2) is 11.7 Å². The van der Waals surface area contributed by atoms with E-state index in [0.717, 1.165) is 0 Å². The van der Waals surface area contributed by atoms with Gasteiger partial charge in [-0.15, -0.1) is 0 Å². The lowest BCUT2D eigenvalue weighted by molar-refractivity contribution is -0.0488. The number of rotatable bonds is 2. The molecular formula is C11H8F2O2. The van der Waals surface area contributed by atoms with Crippen molar-refractivity contribution in [3.63, 3.8) is 0 Å². The molecule has 0 bridgehead atoms. The number of fused-ring (bicyclic) bond motifs is 1. The van der Waals surface area contributed by atoms with Crippen molar-refractivity contribution in [3.8, 4) is 11.5 Å². The molecule has 2 aromatic rings. The van der Waals surface area contributed by atoms with Crippen LogP contribution in [-0.2, 0) is 0 Å². The van der Waals surface area contributed by atoms with E-state index < -0.39 is 6.61 Å². The normalized spacial score (nSPS) is 10.9. The zero-order valence-corrected chi connectivity index (χ0v) is 7.65. The van der Waals surface area contributed by atoms with Gasteiger partial charge in [0, 0.05) is 11.5 Å². The van der Waals surface area contributed by atoms with Gasteiger partial charge in [-0.25, -0.2) is 0 Å². The van der Waals surface area contributed by atoms with Crippen LogP contribution in [0.5, 0.6) is 11.5 Å². The van der Waals surface area contributed by atoms with Gasteiger partial charge >= 0.3 is 6.61 Å². The minimum Gasteiger partial charge on any atom is -0.508 e. The maximum absolute atomic E-state index is 12.1. The number of phenols is 1. The fraction of sp³-hybridized carbons (Fsp3) is 0.0909. The Morgan fingerprint density at radius 2 is 1.87 bits per heavy atom. The minimum absolute atomic E-state index is 0.0133. The van der Waals surface area contributed by atoms with Crippen molar-refractivity contribution in [2.45, 2.75) is 6.61 Å². The first-order valence-electron chi connectivity index (χ1n) is 4.33. The van der Waals surface area contributed by atoms with Crippen molar-refractivity contribution in [2.24, 2.45) is 0 Å². The van der Waals surface area contributed by atoms with E-state index >= 15 is 0 Å². The van der Waals surface area contributed by atoms with E-state index in [9.17, 15) is 13.9 Å². The molecule has 0 spiro atoms. The summed E-state index contributed by atoms with van der Waals surface area (Å²) in [5, 5.41) is 10.5. The minimum atomic E-state index is -2.89. The number of ether oxygens (including phenoxy) is 1. The van der Waals surface area contributed by atoms with Crippen molar-refractivity contribution in [1.29, 1.82) is 0 Å². The first-order chi connectivity index (χ1) is 7.16. The Hall–Kier alpha value is -1.84. The average Bonchev–Trinajstić information content (AvgIpc) is 2.16. The molecule has 2 aromatic carbocycles. The molecule has 0 atom stereocenters. The maximum atomic E-state index is 12.1. The number of hydrogen-bond donors (Lipinski definition) is 1. The maximum Gasteiger partial charge on any atom is 0.387 e. The van der Waals surface area contributed by atoms with E-state index in [-0.39, 0.29) is 11.5 Å². The van der Waals surface area contributed by atoms with Gasteiger partial charge in [0.1, 0.15) is 11.5 Å². The van der Waals surface area contributed by atoms with Crippen LogP contribution in [0.2, 0.25) is 0 Å². The zero-order valence-electron chi connectivity index (χ0n) is 7.65. The first-order valence-corrected chi connectivity index (χ1v) is 4.33. The molecule has 4 heteroatoms. The van der Waals surface area contributed by atoms with Gasteiger partial charge in [0.15, 0.2) is 0 Å². The number of benzene rings is 2. The lowest BCUT2D eigenvalue weighted by Crippen LogP contribution is -2.02. The molecule has 0 saturated carbocycles. The third-order valence-corrected chi connectivity index (χ3v) is 2.02. The van der Waals surface area contributed by atoms with Gasteiger partial charge in [0.05, 0.1) is 0 Å². The van der Waals surface area contributed by atoms with Crippen LogP contribution in [0.1, 0.15) is 0 Å². The van der Waals surface area contributed by atoms with E-state index in [1.54, 1.807) is 24.3 Å². The van der Waals surface area contributed by atoms with Gasteiger partial charge in [-0.1, -0.05) is 24.3 Å². The van der Waals surface area contributed by atoms with Gasteiger partial charge in [0.25, 0.3) is 0 Å². The molecule has 78 valence electrons. The highest BCUT2D eigenvalue weighted by molar-refractivity contribution is 5.89. The van der Waals surface area contributed by atoms with Crippen molar-refractivity contribution in [1.82, 2.24) is 0 Å². The van der Waals surface area contributed by atoms with Crippen LogP contribution >= 0.6 is 0 Å². The molecule has 0 unspecified atom stereocenters. The van der Waals surface area contributed by atoms with Crippen molar-refractivity contribution in [3.05, 3.63) is 36.4 Å². The molecule has 0 aliphatic carbocycles. The predicted octanol–water partition coefficient (Wildman–Crippen LogP) is 3.15. The molecule has 2 nitrogen and oxygen atoms in total. The quantitative estimate of drug-likeness (QED) is 0.825. The van der Waals surface area contributed by atoms with Crippen LogP contribution in [0, 0.1) is 0 Å². The highest BCUT2D eigenvalue weighted by Gasteiger charge is 2.09. The van der Waals surface area contributed by atoms with Gasteiger partial charge in [-0.2, -0.15) is 8.78 Å². The summed E-state index contributed by atoms with van der Waals surface area (Å²) in [6.07, 6.45) is 0. The summed E-state index contributed by atoms with van der Waals surface area (Å²) in [5.74, 6) is -0.107. The number of alkyl halides is 2. The fourth-order valence-corrected chi connectivity index (χ4v) is 1.45. The zero-order chi connectivity index (χ0) is 10.8. The highest BCUT2D eigenvalue weighted by Crippen LogP contribution is 2.31. The molecule has 0 aromatic heterocycles. The average molecular weight is 210 g/mol. The van der Waals surface area contributed by atoms with Crippen molar-refractivity contribution >= 4 is 10.8 Å². The molecule has 0 saturated heterocycles. The summed E-state index contributed by atoms with van der Waals surface area (Å²) in [7, 11) is 0. The molecule has 0 fully saturated rings. The summed E-state index contributed by atoms with van der Waals surface area (Å²) in [4.78, 5) is 0. The smallest absolute Gasteiger partial charge is 0.387 e. The second-order valence-electron chi connectivity index (χ2n) is 3.04. The summed E-state index contributed by atoms with van der Waals surface area (Å²) >= 11 is 0. The first kappa shape index (κ1) is 9.71. The third-order valence-electron chi connectivity index (χ3n) is 2.02. The van der Waals surface area contributed by atoms with E-state index in [0.29, 0.717) is 10.8 Å². The molecule has 0 radical (unpaired) electrons. The van der Waals surface area contributed by atoms with E-state index in [4.69, 9.17) is 0 Å². The van der Waals surface area contributed by atoms with Gasteiger partial charge < -0.3 is 9.84 Å². The molecule has 2 rings (SSSR count). The van der Waals surface area contributed by atoms with E-state index in [1.807, 2.05) is 0 Å². The Bertz CT molecular complexity index is 483. The lowest BCUT2D eigenvalue weighted by atomic mass is 10.1. The Morgan fingerprint density at radius 1 is 1.13 bits per heavy atom. The fourth-order valence-electron chi connectivity index (χ4n) is 1.45. The number of halogens is 2. The lowest BCUT2D eigenvalue weighted by Gasteiger charge is -2.08. The van der Waals surface area contributed by atoms with Crippen LogP contribution in [0.3, 0.4) is 0 Å². The molecular weight excluding hydrogens is 202 g/mol. The van der Waals surface area contributed by atoms with Crippen LogP contribution in [0.25, 0.3) is 10.8 Å².